The summed E-state index contributed by atoms with van der Waals surface area (Å²) in [5, 5.41) is 16.2. The number of hydrogen-bond donors (Lipinski definition) is 3. The van der Waals surface area contributed by atoms with Gasteiger partial charge in [-0.1, -0.05) is 38.1 Å². The summed E-state index contributed by atoms with van der Waals surface area (Å²) in [5.74, 6) is 0.984. The summed E-state index contributed by atoms with van der Waals surface area (Å²) in [6.45, 7) is 5.92. The van der Waals surface area contributed by atoms with E-state index in [1.165, 1.54) is 0 Å². The second-order valence-electron chi connectivity index (χ2n) is 9.49. The second kappa shape index (κ2) is 14.5. The number of carbonyl (C=O) groups excluding carboxylic acids is 2. The van der Waals surface area contributed by atoms with E-state index in [-0.39, 0.29) is 5.91 Å². The predicted octanol–water partition coefficient (Wildman–Crippen LogP) is 4.08. The minimum atomic E-state index is 0.00283. The van der Waals surface area contributed by atoms with E-state index in [2.05, 4.69) is 34.3 Å². The number of carbonyl (C=O) groups is 2. The number of rotatable bonds is 12. The lowest BCUT2D eigenvalue weighted by Gasteiger charge is -2.22. The molecular weight excluding hydrogens is 504 g/mol. The molecule has 0 aromatic heterocycles. The van der Waals surface area contributed by atoms with Crippen molar-refractivity contribution >= 4 is 48.2 Å². The van der Waals surface area contributed by atoms with Gasteiger partial charge in [0.1, 0.15) is 18.0 Å². The van der Waals surface area contributed by atoms with Gasteiger partial charge in [0, 0.05) is 55.9 Å². The maximum Gasteiger partial charge on any atom is 0.250 e. The number of amidine groups is 2. The van der Waals surface area contributed by atoms with Crippen molar-refractivity contribution < 1.29 is 9.59 Å². The molecule has 0 fully saturated rings. The summed E-state index contributed by atoms with van der Waals surface area (Å²) in [6.07, 6.45) is 7.38. The highest BCUT2D eigenvalue weighted by molar-refractivity contribution is 6.05. The molecule has 4 N–H and O–H groups in total. The van der Waals surface area contributed by atoms with Crippen molar-refractivity contribution in [2.75, 3.05) is 33.7 Å². The van der Waals surface area contributed by atoms with Gasteiger partial charge in [-0.05, 0) is 42.2 Å². The molecule has 0 saturated carbocycles. The Morgan fingerprint density at radius 2 is 1.82 bits per heavy atom. The zero-order valence-electron chi connectivity index (χ0n) is 23.6. The van der Waals surface area contributed by atoms with E-state index in [9.17, 15) is 9.59 Å². The molecule has 1 aliphatic heterocycles. The summed E-state index contributed by atoms with van der Waals surface area (Å²) >= 11 is 0. The molecule has 3 rings (SSSR count). The maximum absolute atomic E-state index is 13.3. The third-order valence-corrected chi connectivity index (χ3v) is 6.37. The van der Waals surface area contributed by atoms with Crippen LogP contribution >= 0.6 is 0 Å². The van der Waals surface area contributed by atoms with Crippen LogP contribution in [-0.4, -0.2) is 80.1 Å². The van der Waals surface area contributed by atoms with E-state index in [0.29, 0.717) is 60.1 Å². The Hall–Kier alpha value is -4.60. The van der Waals surface area contributed by atoms with Gasteiger partial charge in [0.05, 0.1) is 18.4 Å². The van der Waals surface area contributed by atoms with Gasteiger partial charge in [-0.2, -0.15) is 5.10 Å². The smallest absolute Gasteiger partial charge is 0.250 e. The SMILES string of the molecule is CCCN(CCC)C(=O)C1=Cc2ccc(-c3ccc(C=O)c(/C=N\N(C)C/C(=N/C=N)NC)c3)cc2N=C(N)C1. The predicted molar refractivity (Wildman–Crippen MR) is 164 cm³/mol. The topological polar surface area (TPSA) is 140 Å². The van der Waals surface area contributed by atoms with Crippen molar-refractivity contribution in [3.05, 3.63) is 58.7 Å². The largest absolute Gasteiger partial charge is 0.387 e. The molecule has 40 heavy (non-hydrogen) atoms. The average molecular weight is 543 g/mol. The zero-order valence-corrected chi connectivity index (χ0v) is 23.6. The number of likely N-dealkylation sites (N-methyl/N-ethyl adjacent to an activating group) is 2. The highest BCUT2D eigenvalue weighted by Gasteiger charge is 2.21. The summed E-state index contributed by atoms with van der Waals surface area (Å²) in [4.78, 5) is 35.4. The molecule has 0 bridgehead atoms. The first-order chi connectivity index (χ1) is 19.3. The van der Waals surface area contributed by atoms with Crippen molar-refractivity contribution in [1.29, 1.82) is 5.41 Å². The number of fused-ring (bicyclic) bond motifs is 1. The van der Waals surface area contributed by atoms with Crippen LogP contribution in [0.5, 0.6) is 0 Å². The molecule has 0 atom stereocenters. The van der Waals surface area contributed by atoms with E-state index in [0.717, 1.165) is 42.2 Å². The zero-order chi connectivity index (χ0) is 29.1. The molecule has 210 valence electrons. The number of hydrazone groups is 1. The lowest BCUT2D eigenvalue weighted by atomic mass is 9.97. The van der Waals surface area contributed by atoms with Gasteiger partial charge in [0.25, 0.3) is 0 Å². The molecular formula is C30H38N8O2. The molecule has 0 saturated heterocycles. The van der Waals surface area contributed by atoms with Gasteiger partial charge in [-0.3, -0.25) is 20.0 Å². The van der Waals surface area contributed by atoms with Crippen LogP contribution in [0.15, 0.2) is 57.1 Å². The Kier molecular flexibility index (Phi) is 10.9. The lowest BCUT2D eigenvalue weighted by Crippen LogP contribution is -2.34. The van der Waals surface area contributed by atoms with Crippen LogP contribution in [0.4, 0.5) is 5.69 Å². The molecule has 0 unspecified atom stereocenters. The molecule has 0 radical (unpaired) electrons. The molecule has 10 heteroatoms. The average Bonchev–Trinajstić information content (AvgIpc) is 3.12. The van der Waals surface area contributed by atoms with Crippen LogP contribution in [-0.2, 0) is 4.79 Å². The van der Waals surface area contributed by atoms with Crippen LogP contribution in [0.1, 0.15) is 54.6 Å². The van der Waals surface area contributed by atoms with E-state index in [4.69, 9.17) is 11.1 Å². The number of amides is 1. The molecule has 0 spiro atoms. The van der Waals surface area contributed by atoms with Gasteiger partial charge in [0.15, 0.2) is 6.29 Å². The van der Waals surface area contributed by atoms with Gasteiger partial charge < -0.3 is 16.0 Å². The van der Waals surface area contributed by atoms with Crippen LogP contribution in [0, 0.1) is 5.41 Å². The quantitative estimate of drug-likeness (QED) is 0.160. The highest BCUT2D eigenvalue weighted by atomic mass is 16.2. The van der Waals surface area contributed by atoms with Crippen molar-refractivity contribution in [3.8, 4) is 11.1 Å². The van der Waals surface area contributed by atoms with Gasteiger partial charge >= 0.3 is 0 Å². The Morgan fingerprint density at radius 3 is 2.48 bits per heavy atom. The van der Waals surface area contributed by atoms with Gasteiger partial charge in [-0.25, -0.2) is 9.98 Å². The minimum absolute atomic E-state index is 0.00283. The number of aliphatic imine (C=N–C) groups is 2. The van der Waals surface area contributed by atoms with E-state index < -0.39 is 0 Å². The van der Waals surface area contributed by atoms with Crippen molar-refractivity contribution in [2.45, 2.75) is 33.1 Å². The third kappa shape index (κ3) is 7.72. The molecule has 1 aliphatic rings. The Morgan fingerprint density at radius 1 is 1.12 bits per heavy atom. The second-order valence-corrected chi connectivity index (χ2v) is 9.49. The Labute approximate surface area is 235 Å². The summed E-state index contributed by atoms with van der Waals surface area (Å²) in [6, 6.07) is 11.4. The van der Waals surface area contributed by atoms with E-state index in [1.54, 1.807) is 31.4 Å². The summed E-state index contributed by atoms with van der Waals surface area (Å²) < 4.78 is 0. The van der Waals surface area contributed by atoms with E-state index >= 15 is 0 Å². The number of nitrogens with two attached hydrogens (primary N) is 1. The maximum atomic E-state index is 13.3. The van der Waals surface area contributed by atoms with Crippen molar-refractivity contribution in [3.63, 3.8) is 0 Å². The standard InChI is InChI=1S/C30H38N8O2/c1-5-11-38(12-6-2)30(40)25-14-23-9-7-22(15-27(23)36-28(32)16-25)21-8-10-24(19-39)26(13-21)17-35-37(4)18-29(33-3)34-20-31/h7-10,13-15,17,19-20H,5-6,11-12,16,18H2,1-4H3,(H2,32,36)(H2,31,33,34)/b35-17-. The minimum Gasteiger partial charge on any atom is -0.387 e. The van der Waals surface area contributed by atoms with E-state index in [1.807, 2.05) is 41.3 Å². The molecule has 2 aromatic rings. The Balaban J connectivity index is 1.93. The lowest BCUT2D eigenvalue weighted by molar-refractivity contribution is -0.127. The number of benzene rings is 2. The fourth-order valence-electron chi connectivity index (χ4n) is 4.42. The monoisotopic (exact) mass is 542 g/mol. The van der Waals surface area contributed by atoms with Crippen LogP contribution in [0.2, 0.25) is 0 Å². The first-order valence-corrected chi connectivity index (χ1v) is 13.4. The third-order valence-electron chi connectivity index (χ3n) is 6.37. The molecule has 0 aliphatic carbocycles. The van der Waals surface area contributed by atoms with Crippen LogP contribution < -0.4 is 11.1 Å². The normalized spacial score (nSPS) is 13.2. The summed E-state index contributed by atoms with van der Waals surface area (Å²) in [7, 11) is 3.51. The molecule has 1 amide bonds. The van der Waals surface area contributed by atoms with Gasteiger partial charge in [-0.15, -0.1) is 0 Å². The number of aldehydes is 1. The highest BCUT2D eigenvalue weighted by Crippen LogP contribution is 2.32. The first-order valence-electron chi connectivity index (χ1n) is 13.4. The molecule has 1 heterocycles. The fraction of sp³-hybridized carbons (Fsp3) is 0.333. The molecule has 10 nitrogen and oxygen atoms in total. The number of hydrogen-bond acceptors (Lipinski definition) is 7. The Bertz CT molecular complexity index is 1350. The molecule has 2 aromatic carbocycles. The van der Waals surface area contributed by atoms with Crippen LogP contribution in [0.25, 0.3) is 17.2 Å². The number of nitrogens with one attached hydrogen (secondary N) is 2. The summed E-state index contributed by atoms with van der Waals surface area (Å²) in [5.41, 5.74) is 11.4. The van der Waals surface area contributed by atoms with Crippen LogP contribution in [0.3, 0.4) is 0 Å². The number of nitrogens with zero attached hydrogens (tertiary/aromatic N) is 5. The van der Waals surface area contributed by atoms with Crippen molar-refractivity contribution in [2.24, 2.45) is 20.8 Å². The van der Waals surface area contributed by atoms with Crippen molar-refractivity contribution in [1.82, 2.24) is 15.2 Å². The first kappa shape index (κ1) is 29.9. The fourth-order valence-corrected chi connectivity index (χ4v) is 4.42. The van der Waals surface area contributed by atoms with Gasteiger partial charge in [0.2, 0.25) is 5.91 Å².